The SMILES string of the molecule is CC(C)/C=N/NC(=O)c1csc(-c2c[nH]c3ccc(Br)cc23)n1. The Bertz CT molecular complexity index is 881. The fourth-order valence-corrected chi connectivity index (χ4v) is 3.26. The maximum Gasteiger partial charge on any atom is 0.290 e. The van der Waals surface area contributed by atoms with Crippen molar-refractivity contribution in [3.8, 4) is 10.6 Å². The maximum atomic E-state index is 12.0. The van der Waals surface area contributed by atoms with Crippen LogP contribution in [0.15, 0.2) is 39.4 Å². The molecule has 1 amide bonds. The minimum absolute atomic E-state index is 0.283. The lowest BCUT2D eigenvalue weighted by Gasteiger charge is -1.97. The lowest BCUT2D eigenvalue weighted by Crippen LogP contribution is -2.18. The number of H-pyrrole nitrogens is 1. The van der Waals surface area contributed by atoms with Crippen molar-refractivity contribution in [2.75, 3.05) is 0 Å². The summed E-state index contributed by atoms with van der Waals surface area (Å²) < 4.78 is 1.00. The molecule has 3 aromatic rings. The van der Waals surface area contributed by atoms with Gasteiger partial charge in [-0.05, 0) is 24.1 Å². The number of carbonyl (C=O) groups is 1. The van der Waals surface area contributed by atoms with Gasteiger partial charge < -0.3 is 4.98 Å². The van der Waals surface area contributed by atoms with Gasteiger partial charge in [-0.25, -0.2) is 10.4 Å². The van der Waals surface area contributed by atoms with Crippen molar-refractivity contribution < 1.29 is 4.79 Å². The molecule has 3 rings (SSSR count). The highest BCUT2D eigenvalue weighted by molar-refractivity contribution is 9.10. The summed E-state index contributed by atoms with van der Waals surface area (Å²) in [5, 5.41) is 7.52. The van der Waals surface area contributed by atoms with Crippen LogP contribution in [0.1, 0.15) is 24.3 Å². The molecule has 0 atom stereocenters. The number of aromatic amines is 1. The molecular weight excluding hydrogens is 376 g/mol. The van der Waals surface area contributed by atoms with E-state index in [4.69, 9.17) is 0 Å². The maximum absolute atomic E-state index is 12.0. The van der Waals surface area contributed by atoms with Crippen LogP contribution in [0.4, 0.5) is 0 Å². The summed E-state index contributed by atoms with van der Waals surface area (Å²) in [5.74, 6) is -0.0172. The van der Waals surface area contributed by atoms with Crippen LogP contribution in [0, 0.1) is 5.92 Å². The molecule has 0 saturated heterocycles. The number of hydrogen-bond acceptors (Lipinski definition) is 4. The van der Waals surface area contributed by atoms with E-state index in [2.05, 4.69) is 36.4 Å². The molecule has 0 saturated carbocycles. The van der Waals surface area contributed by atoms with Crippen LogP contribution in [-0.2, 0) is 0 Å². The molecule has 0 aliphatic heterocycles. The van der Waals surface area contributed by atoms with Crippen molar-refractivity contribution in [1.82, 2.24) is 15.4 Å². The monoisotopic (exact) mass is 390 g/mol. The average Bonchev–Trinajstić information content (AvgIpc) is 3.12. The van der Waals surface area contributed by atoms with Crippen LogP contribution in [-0.4, -0.2) is 22.1 Å². The fourth-order valence-electron chi connectivity index (χ4n) is 2.07. The zero-order valence-corrected chi connectivity index (χ0v) is 15.0. The van der Waals surface area contributed by atoms with Crippen molar-refractivity contribution in [3.63, 3.8) is 0 Å². The average molecular weight is 391 g/mol. The van der Waals surface area contributed by atoms with Crippen molar-refractivity contribution in [3.05, 3.63) is 39.9 Å². The second-order valence-electron chi connectivity index (χ2n) is 5.39. The third-order valence-electron chi connectivity index (χ3n) is 3.15. The van der Waals surface area contributed by atoms with Gasteiger partial charge in [-0.3, -0.25) is 4.79 Å². The summed E-state index contributed by atoms with van der Waals surface area (Å²) in [5.41, 5.74) is 4.88. The molecule has 0 fully saturated rings. The summed E-state index contributed by atoms with van der Waals surface area (Å²) in [4.78, 5) is 19.7. The smallest absolute Gasteiger partial charge is 0.290 e. The number of hydrogen-bond donors (Lipinski definition) is 2. The standard InChI is InChI=1S/C16H15BrN4OS/c1-9(2)6-19-21-15(22)14-8-23-16(20-14)12-7-18-13-4-3-10(17)5-11(12)13/h3-9,18H,1-2H3,(H,21,22)/b19-6+. The summed E-state index contributed by atoms with van der Waals surface area (Å²) in [6.07, 6.45) is 3.59. The second kappa shape index (κ2) is 6.64. The second-order valence-corrected chi connectivity index (χ2v) is 7.17. The predicted molar refractivity (Wildman–Crippen MR) is 97.9 cm³/mol. The summed E-state index contributed by atoms with van der Waals surface area (Å²) in [7, 11) is 0. The number of nitrogens with zero attached hydrogens (tertiary/aromatic N) is 2. The first-order valence-corrected chi connectivity index (χ1v) is 8.78. The third-order valence-corrected chi connectivity index (χ3v) is 4.52. The van der Waals surface area contributed by atoms with E-state index in [1.54, 1.807) is 11.6 Å². The van der Waals surface area contributed by atoms with E-state index in [1.807, 2.05) is 38.2 Å². The van der Waals surface area contributed by atoms with E-state index >= 15 is 0 Å². The molecule has 2 heterocycles. The van der Waals surface area contributed by atoms with Gasteiger partial charge >= 0.3 is 0 Å². The zero-order valence-electron chi connectivity index (χ0n) is 12.6. The van der Waals surface area contributed by atoms with Crippen molar-refractivity contribution in [1.29, 1.82) is 0 Å². The Morgan fingerprint density at radius 2 is 2.30 bits per heavy atom. The van der Waals surface area contributed by atoms with Crippen molar-refractivity contribution in [2.24, 2.45) is 11.0 Å². The normalized spacial score (nSPS) is 11.7. The molecular formula is C16H15BrN4OS. The molecule has 0 spiro atoms. The molecule has 0 bridgehead atoms. The summed E-state index contributed by atoms with van der Waals surface area (Å²) in [6, 6.07) is 6.02. The molecule has 2 aromatic heterocycles. The first-order chi connectivity index (χ1) is 11.0. The molecule has 2 N–H and O–H groups in total. The Balaban J connectivity index is 1.86. The zero-order chi connectivity index (χ0) is 16.4. The van der Waals surface area contributed by atoms with Gasteiger partial charge in [-0.1, -0.05) is 29.8 Å². The van der Waals surface area contributed by atoms with Gasteiger partial charge in [-0.15, -0.1) is 11.3 Å². The van der Waals surface area contributed by atoms with E-state index in [-0.39, 0.29) is 11.8 Å². The third kappa shape index (κ3) is 3.51. The van der Waals surface area contributed by atoms with Gasteiger partial charge in [0.15, 0.2) is 0 Å². The van der Waals surface area contributed by atoms with Crippen LogP contribution in [0.2, 0.25) is 0 Å². The minimum Gasteiger partial charge on any atom is -0.360 e. The molecule has 0 aliphatic rings. The van der Waals surface area contributed by atoms with Gasteiger partial charge in [0.05, 0.1) is 0 Å². The molecule has 0 radical (unpaired) electrons. The summed E-state index contributed by atoms with van der Waals surface area (Å²) in [6.45, 7) is 3.98. The number of fused-ring (bicyclic) bond motifs is 1. The molecule has 0 aliphatic carbocycles. The number of carbonyl (C=O) groups excluding carboxylic acids is 1. The van der Waals surface area contributed by atoms with Gasteiger partial charge in [-0.2, -0.15) is 5.10 Å². The molecule has 1 aromatic carbocycles. The fraction of sp³-hybridized carbons (Fsp3) is 0.188. The van der Waals surface area contributed by atoms with Crippen LogP contribution in [0.25, 0.3) is 21.5 Å². The van der Waals surface area contributed by atoms with E-state index in [1.165, 1.54) is 11.3 Å². The summed E-state index contributed by atoms with van der Waals surface area (Å²) >= 11 is 4.92. The lowest BCUT2D eigenvalue weighted by atomic mass is 10.2. The number of rotatable bonds is 4. The van der Waals surface area contributed by atoms with Crippen molar-refractivity contribution >= 4 is 50.3 Å². The Morgan fingerprint density at radius 3 is 3.09 bits per heavy atom. The van der Waals surface area contributed by atoms with Gasteiger partial charge in [0.2, 0.25) is 0 Å². The first kappa shape index (κ1) is 15.9. The van der Waals surface area contributed by atoms with E-state index in [0.29, 0.717) is 5.69 Å². The number of aromatic nitrogens is 2. The highest BCUT2D eigenvalue weighted by atomic mass is 79.9. The highest BCUT2D eigenvalue weighted by Gasteiger charge is 2.14. The highest BCUT2D eigenvalue weighted by Crippen LogP contribution is 2.32. The van der Waals surface area contributed by atoms with Crippen LogP contribution in [0.5, 0.6) is 0 Å². The van der Waals surface area contributed by atoms with Crippen molar-refractivity contribution in [2.45, 2.75) is 13.8 Å². The number of nitrogens with one attached hydrogen (secondary N) is 2. The Morgan fingerprint density at radius 1 is 1.48 bits per heavy atom. The Kier molecular flexibility index (Phi) is 4.58. The van der Waals surface area contributed by atoms with Crippen LogP contribution >= 0.6 is 27.3 Å². The van der Waals surface area contributed by atoms with E-state index in [0.717, 1.165) is 25.9 Å². The quantitative estimate of drug-likeness (QED) is 0.510. The molecule has 0 unspecified atom stereocenters. The molecule has 5 nitrogen and oxygen atoms in total. The number of hydrazone groups is 1. The van der Waals surface area contributed by atoms with Gasteiger partial charge in [0.25, 0.3) is 5.91 Å². The van der Waals surface area contributed by atoms with Crippen LogP contribution in [0.3, 0.4) is 0 Å². The number of amides is 1. The van der Waals surface area contributed by atoms with E-state index < -0.39 is 0 Å². The lowest BCUT2D eigenvalue weighted by molar-refractivity contribution is 0.0951. The first-order valence-electron chi connectivity index (χ1n) is 7.10. The van der Waals surface area contributed by atoms with Gasteiger partial charge in [0, 0.05) is 38.7 Å². The van der Waals surface area contributed by atoms with Gasteiger partial charge in [0.1, 0.15) is 10.7 Å². The largest absolute Gasteiger partial charge is 0.360 e. The molecule has 7 heteroatoms. The molecule has 23 heavy (non-hydrogen) atoms. The van der Waals surface area contributed by atoms with Crippen LogP contribution < -0.4 is 5.43 Å². The Hall–Kier alpha value is -1.99. The Labute approximate surface area is 146 Å². The van der Waals surface area contributed by atoms with E-state index in [9.17, 15) is 4.79 Å². The number of thiazole rings is 1. The topological polar surface area (TPSA) is 70.1 Å². The predicted octanol–water partition coefficient (Wildman–Crippen LogP) is 4.43. The number of halogens is 1. The number of benzene rings is 1. The minimum atomic E-state index is -0.301. The molecule has 118 valence electrons.